The zero-order valence-electron chi connectivity index (χ0n) is 23.0. The average molecular weight is 570 g/mol. The number of nitrogens with zero attached hydrogens (tertiary/aromatic N) is 2. The van der Waals surface area contributed by atoms with Gasteiger partial charge in [0.05, 0.1) is 10.6 Å². The normalized spacial score (nSPS) is 12.9. The molecule has 9 heteroatoms. The Morgan fingerprint density at radius 1 is 0.872 bits per heavy atom. The summed E-state index contributed by atoms with van der Waals surface area (Å²) in [6.45, 7) is 9.05. The standard InChI is InChI=1S/C30H36ClN3O4S/c1-6-23(4)32-30(36)24(5)33(19-25-11-7-21(2)8-12-25)29(35)20-34(27-15-9-22(3)10-16-27)39(37,38)28-17-13-26(31)14-18-28/h7-18,23-24H,6,19-20H2,1-5H3,(H,32,36)/t23-,24-/m1/s1. The van der Waals surface area contributed by atoms with Crippen LogP contribution >= 0.6 is 11.6 Å². The quantitative estimate of drug-likeness (QED) is 0.331. The first kappa shape index (κ1) is 30.2. The molecule has 0 aliphatic heterocycles. The highest BCUT2D eigenvalue weighted by Crippen LogP contribution is 2.26. The van der Waals surface area contributed by atoms with Gasteiger partial charge in [-0.25, -0.2) is 8.42 Å². The number of sulfonamides is 1. The minimum Gasteiger partial charge on any atom is -0.352 e. The van der Waals surface area contributed by atoms with E-state index in [0.29, 0.717) is 10.7 Å². The van der Waals surface area contributed by atoms with Gasteiger partial charge in [0.25, 0.3) is 10.0 Å². The Morgan fingerprint density at radius 2 is 1.41 bits per heavy atom. The number of carbonyl (C=O) groups is 2. The van der Waals surface area contributed by atoms with E-state index in [1.807, 2.05) is 52.0 Å². The van der Waals surface area contributed by atoms with Crippen molar-refractivity contribution in [2.45, 2.75) is 64.6 Å². The van der Waals surface area contributed by atoms with Gasteiger partial charge in [0.1, 0.15) is 12.6 Å². The summed E-state index contributed by atoms with van der Waals surface area (Å²) in [4.78, 5) is 28.5. The van der Waals surface area contributed by atoms with E-state index in [4.69, 9.17) is 11.6 Å². The van der Waals surface area contributed by atoms with Crippen LogP contribution in [0.5, 0.6) is 0 Å². The lowest BCUT2D eigenvalue weighted by Gasteiger charge is -2.32. The van der Waals surface area contributed by atoms with Crippen molar-refractivity contribution in [2.24, 2.45) is 0 Å². The number of carbonyl (C=O) groups excluding carboxylic acids is 2. The maximum atomic E-state index is 13.9. The molecule has 0 aliphatic carbocycles. The number of anilines is 1. The molecule has 0 aliphatic rings. The van der Waals surface area contributed by atoms with Gasteiger partial charge in [0.2, 0.25) is 11.8 Å². The molecular formula is C30H36ClN3O4S. The number of rotatable bonds is 11. The van der Waals surface area contributed by atoms with E-state index in [1.165, 1.54) is 29.2 Å². The van der Waals surface area contributed by atoms with Gasteiger partial charge in [-0.05, 0) is 76.1 Å². The van der Waals surface area contributed by atoms with Gasteiger partial charge in [-0.3, -0.25) is 13.9 Å². The maximum absolute atomic E-state index is 13.9. The highest BCUT2D eigenvalue weighted by Gasteiger charge is 2.32. The molecule has 0 spiro atoms. The predicted molar refractivity (Wildman–Crippen MR) is 156 cm³/mol. The molecule has 0 heterocycles. The summed E-state index contributed by atoms with van der Waals surface area (Å²) in [6.07, 6.45) is 0.741. The average Bonchev–Trinajstić information content (AvgIpc) is 2.91. The molecule has 0 aromatic heterocycles. The van der Waals surface area contributed by atoms with Crippen LogP contribution in [0, 0.1) is 13.8 Å². The minimum absolute atomic E-state index is 0.00733. The van der Waals surface area contributed by atoms with Crippen molar-refractivity contribution in [3.05, 3.63) is 94.5 Å². The third-order valence-electron chi connectivity index (χ3n) is 6.64. The van der Waals surface area contributed by atoms with E-state index < -0.39 is 28.5 Å². The Labute approximate surface area is 236 Å². The maximum Gasteiger partial charge on any atom is 0.264 e. The Bertz CT molecular complexity index is 1380. The van der Waals surface area contributed by atoms with Crippen LogP contribution in [0.25, 0.3) is 0 Å². The zero-order chi connectivity index (χ0) is 28.7. The van der Waals surface area contributed by atoms with Crippen LogP contribution in [0.15, 0.2) is 77.7 Å². The van der Waals surface area contributed by atoms with Crippen LogP contribution in [-0.2, 0) is 26.2 Å². The molecular weight excluding hydrogens is 534 g/mol. The summed E-state index contributed by atoms with van der Waals surface area (Å²) in [5.41, 5.74) is 3.19. The summed E-state index contributed by atoms with van der Waals surface area (Å²) in [5.74, 6) is -0.798. The number of benzene rings is 3. The smallest absolute Gasteiger partial charge is 0.264 e. The second-order valence-corrected chi connectivity index (χ2v) is 12.1. The number of amides is 2. The van der Waals surface area contributed by atoms with Crippen molar-refractivity contribution < 1.29 is 18.0 Å². The number of hydrogen-bond acceptors (Lipinski definition) is 4. The number of nitrogens with one attached hydrogen (secondary N) is 1. The second-order valence-electron chi connectivity index (χ2n) is 9.80. The molecule has 0 saturated heterocycles. The fraction of sp³-hybridized carbons (Fsp3) is 0.333. The fourth-order valence-electron chi connectivity index (χ4n) is 3.91. The Hall–Kier alpha value is -3.36. The molecule has 208 valence electrons. The van der Waals surface area contributed by atoms with Gasteiger partial charge >= 0.3 is 0 Å². The Kier molecular flexibility index (Phi) is 10.2. The fourth-order valence-corrected chi connectivity index (χ4v) is 5.45. The first-order valence-corrected chi connectivity index (χ1v) is 14.7. The molecule has 2 amide bonds. The lowest BCUT2D eigenvalue weighted by atomic mass is 10.1. The van der Waals surface area contributed by atoms with E-state index in [0.717, 1.165) is 27.4 Å². The van der Waals surface area contributed by atoms with Gasteiger partial charge in [-0.1, -0.05) is 66.0 Å². The SMILES string of the molecule is CC[C@@H](C)NC(=O)[C@@H](C)N(Cc1ccc(C)cc1)C(=O)CN(c1ccc(C)cc1)S(=O)(=O)c1ccc(Cl)cc1. The largest absolute Gasteiger partial charge is 0.352 e. The number of hydrogen-bond donors (Lipinski definition) is 1. The third-order valence-corrected chi connectivity index (χ3v) is 8.68. The highest BCUT2D eigenvalue weighted by atomic mass is 35.5. The van der Waals surface area contributed by atoms with Crippen LogP contribution in [-0.4, -0.2) is 43.8 Å². The molecule has 7 nitrogen and oxygen atoms in total. The van der Waals surface area contributed by atoms with Crippen molar-refractivity contribution >= 4 is 39.1 Å². The van der Waals surface area contributed by atoms with Gasteiger partial charge in [0.15, 0.2) is 0 Å². The van der Waals surface area contributed by atoms with E-state index in [2.05, 4.69) is 5.32 Å². The summed E-state index contributed by atoms with van der Waals surface area (Å²) < 4.78 is 28.7. The van der Waals surface area contributed by atoms with Gasteiger partial charge in [-0.15, -0.1) is 0 Å². The molecule has 2 atom stereocenters. The predicted octanol–water partition coefficient (Wildman–Crippen LogP) is 5.48. The van der Waals surface area contributed by atoms with Crippen molar-refractivity contribution in [3.63, 3.8) is 0 Å². The Morgan fingerprint density at radius 3 is 1.95 bits per heavy atom. The summed E-state index contributed by atoms with van der Waals surface area (Å²) in [7, 11) is -4.13. The second kappa shape index (κ2) is 13.1. The molecule has 0 saturated carbocycles. The molecule has 0 radical (unpaired) electrons. The first-order valence-electron chi connectivity index (χ1n) is 12.9. The van der Waals surface area contributed by atoms with Crippen LogP contribution in [0.1, 0.15) is 43.9 Å². The third kappa shape index (κ3) is 7.83. The summed E-state index contributed by atoms with van der Waals surface area (Å²) in [6, 6.07) is 19.5. The molecule has 0 fully saturated rings. The lowest BCUT2D eigenvalue weighted by Crippen LogP contribution is -2.52. The van der Waals surface area contributed by atoms with Gasteiger partial charge in [-0.2, -0.15) is 0 Å². The van der Waals surface area contributed by atoms with Crippen molar-refractivity contribution in [2.75, 3.05) is 10.8 Å². The molecule has 3 aromatic rings. The molecule has 3 rings (SSSR count). The van der Waals surface area contributed by atoms with Crippen LogP contribution in [0.2, 0.25) is 5.02 Å². The molecule has 0 bridgehead atoms. The molecule has 39 heavy (non-hydrogen) atoms. The van der Waals surface area contributed by atoms with E-state index in [-0.39, 0.29) is 23.4 Å². The summed E-state index contributed by atoms with van der Waals surface area (Å²) in [5, 5.41) is 3.34. The molecule has 1 N–H and O–H groups in total. The van der Waals surface area contributed by atoms with E-state index in [1.54, 1.807) is 31.2 Å². The number of halogens is 1. The minimum atomic E-state index is -4.13. The Balaban J connectivity index is 2.01. The van der Waals surface area contributed by atoms with Gasteiger partial charge < -0.3 is 10.2 Å². The number of aryl methyl sites for hydroxylation is 2. The monoisotopic (exact) mass is 569 g/mol. The van der Waals surface area contributed by atoms with Crippen molar-refractivity contribution in [1.29, 1.82) is 0 Å². The summed E-state index contributed by atoms with van der Waals surface area (Å²) >= 11 is 5.99. The lowest BCUT2D eigenvalue weighted by molar-refractivity contribution is -0.139. The highest BCUT2D eigenvalue weighted by molar-refractivity contribution is 7.92. The van der Waals surface area contributed by atoms with Crippen molar-refractivity contribution in [3.8, 4) is 0 Å². The van der Waals surface area contributed by atoms with E-state index in [9.17, 15) is 18.0 Å². The van der Waals surface area contributed by atoms with Crippen molar-refractivity contribution in [1.82, 2.24) is 10.2 Å². The molecule has 0 unspecified atom stereocenters. The van der Waals surface area contributed by atoms with Crippen LogP contribution in [0.3, 0.4) is 0 Å². The van der Waals surface area contributed by atoms with Crippen LogP contribution in [0.4, 0.5) is 5.69 Å². The van der Waals surface area contributed by atoms with E-state index >= 15 is 0 Å². The zero-order valence-corrected chi connectivity index (χ0v) is 24.6. The topological polar surface area (TPSA) is 86.8 Å². The first-order chi connectivity index (χ1) is 18.4. The van der Waals surface area contributed by atoms with Crippen LogP contribution < -0.4 is 9.62 Å². The molecule has 3 aromatic carbocycles. The van der Waals surface area contributed by atoms with Gasteiger partial charge in [0, 0.05) is 17.6 Å².